The summed E-state index contributed by atoms with van der Waals surface area (Å²) in [7, 11) is 0. The van der Waals surface area contributed by atoms with E-state index in [4.69, 9.17) is 4.74 Å². The number of hydrogen-bond donors (Lipinski definition) is 1. The number of allylic oxidation sites excluding steroid dienone is 1. The Morgan fingerprint density at radius 1 is 1.10 bits per heavy atom. The van der Waals surface area contributed by atoms with Crippen molar-refractivity contribution >= 4 is 5.91 Å². The third-order valence-corrected chi connectivity index (χ3v) is 4.30. The number of hydrogen-bond acceptors (Lipinski definition) is 2. The molecule has 0 unspecified atom stereocenters. The highest BCUT2D eigenvalue weighted by molar-refractivity contribution is 5.92. The number of carbonyl (C=O) groups excluding carboxylic acids is 1. The summed E-state index contributed by atoms with van der Waals surface area (Å²) in [6.07, 6.45) is 8.18. The van der Waals surface area contributed by atoms with Crippen LogP contribution in [0.3, 0.4) is 0 Å². The first-order chi connectivity index (χ1) is 9.80. The van der Waals surface area contributed by atoms with Gasteiger partial charge in [-0.25, -0.2) is 0 Å². The van der Waals surface area contributed by atoms with Crippen molar-refractivity contribution in [2.45, 2.75) is 44.1 Å². The van der Waals surface area contributed by atoms with Crippen molar-refractivity contribution in [3.05, 3.63) is 47.7 Å². The van der Waals surface area contributed by atoms with E-state index in [1.54, 1.807) is 0 Å². The lowest BCUT2D eigenvalue weighted by molar-refractivity contribution is -0.123. The molecular weight excluding hydrogens is 250 g/mol. The maximum Gasteiger partial charge on any atom is 0.286 e. The van der Waals surface area contributed by atoms with Gasteiger partial charge in [0.1, 0.15) is 0 Å². The number of carbonyl (C=O) groups is 1. The molecule has 0 aromatic heterocycles. The maximum atomic E-state index is 12.4. The fourth-order valence-corrected chi connectivity index (χ4v) is 3.22. The Hall–Kier alpha value is -1.77. The van der Waals surface area contributed by atoms with Crippen LogP contribution in [-0.4, -0.2) is 12.5 Å². The average Bonchev–Trinajstić information content (AvgIpc) is 2.99. The summed E-state index contributed by atoms with van der Waals surface area (Å²) >= 11 is 0. The van der Waals surface area contributed by atoms with Crippen molar-refractivity contribution in [2.24, 2.45) is 0 Å². The summed E-state index contributed by atoms with van der Waals surface area (Å²) in [4.78, 5) is 12.4. The van der Waals surface area contributed by atoms with E-state index in [1.165, 1.54) is 5.56 Å². The first-order valence-electron chi connectivity index (χ1n) is 7.51. The van der Waals surface area contributed by atoms with Gasteiger partial charge in [-0.15, -0.1) is 0 Å². The van der Waals surface area contributed by atoms with Crippen LogP contribution in [0.2, 0.25) is 0 Å². The molecule has 1 aromatic rings. The molecule has 0 radical (unpaired) electrons. The topological polar surface area (TPSA) is 38.3 Å². The average molecular weight is 271 g/mol. The highest BCUT2D eigenvalue weighted by atomic mass is 16.5. The molecule has 1 saturated carbocycles. The molecule has 0 saturated heterocycles. The van der Waals surface area contributed by atoms with Crippen molar-refractivity contribution in [2.75, 3.05) is 6.61 Å². The fraction of sp³-hybridized carbons (Fsp3) is 0.471. The summed E-state index contributed by atoms with van der Waals surface area (Å²) in [6.45, 7) is 0.650. The van der Waals surface area contributed by atoms with Crippen LogP contribution in [0.4, 0.5) is 0 Å². The number of nitrogens with one attached hydrogen (secondary N) is 1. The van der Waals surface area contributed by atoms with Crippen molar-refractivity contribution in [3.8, 4) is 0 Å². The first-order valence-corrected chi connectivity index (χ1v) is 7.51. The molecule has 0 bridgehead atoms. The second-order valence-electron chi connectivity index (χ2n) is 5.67. The Kier molecular flexibility index (Phi) is 3.77. The summed E-state index contributed by atoms with van der Waals surface area (Å²) in [6, 6.07) is 10.3. The molecule has 106 valence electrons. The molecule has 2 aliphatic rings. The fourth-order valence-electron chi connectivity index (χ4n) is 3.22. The molecule has 1 aliphatic heterocycles. The Bertz CT molecular complexity index is 501. The van der Waals surface area contributed by atoms with E-state index in [0.29, 0.717) is 12.4 Å². The van der Waals surface area contributed by atoms with Crippen LogP contribution < -0.4 is 5.32 Å². The zero-order chi connectivity index (χ0) is 13.8. The molecule has 3 nitrogen and oxygen atoms in total. The molecule has 1 fully saturated rings. The molecule has 3 heteroatoms. The zero-order valence-electron chi connectivity index (χ0n) is 11.7. The maximum absolute atomic E-state index is 12.4. The van der Waals surface area contributed by atoms with Gasteiger partial charge in [-0.05, 0) is 37.3 Å². The lowest BCUT2D eigenvalue weighted by Gasteiger charge is -2.31. The van der Waals surface area contributed by atoms with Gasteiger partial charge >= 0.3 is 0 Å². The second kappa shape index (κ2) is 5.70. The SMILES string of the molecule is O=C(NC1(c2ccccc2)CCCC1)C1=CCCCO1. The van der Waals surface area contributed by atoms with Gasteiger partial charge in [0, 0.05) is 0 Å². The van der Waals surface area contributed by atoms with Gasteiger partial charge in [-0.1, -0.05) is 43.2 Å². The molecule has 1 aromatic carbocycles. The van der Waals surface area contributed by atoms with Crippen LogP contribution >= 0.6 is 0 Å². The summed E-state index contributed by atoms with van der Waals surface area (Å²) in [5, 5.41) is 3.25. The second-order valence-corrected chi connectivity index (χ2v) is 5.67. The van der Waals surface area contributed by atoms with E-state index in [0.717, 1.165) is 38.5 Å². The van der Waals surface area contributed by atoms with Gasteiger partial charge in [0.25, 0.3) is 5.91 Å². The molecule has 1 aliphatic carbocycles. The third kappa shape index (κ3) is 2.58. The van der Waals surface area contributed by atoms with Gasteiger partial charge in [0.05, 0.1) is 12.1 Å². The third-order valence-electron chi connectivity index (χ3n) is 4.30. The van der Waals surface area contributed by atoms with E-state index >= 15 is 0 Å². The first kappa shape index (κ1) is 13.2. The summed E-state index contributed by atoms with van der Waals surface area (Å²) < 4.78 is 5.48. The monoisotopic (exact) mass is 271 g/mol. The van der Waals surface area contributed by atoms with Gasteiger partial charge in [-0.2, -0.15) is 0 Å². The zero-order valence-corrected chi connectivity index (χ0v) is 11.7. The van der Waals surface area contributed by atoms with Crippen LogP contribution in [0.1, 0.15) is 44.1 Å². The molecule has 0 atom stereocenters. The van der Waals surface area contributed by atoms with Crippen molar-refractivity contribution < 1.29 is 9.53 Å². The Balaban J connectivity index is 1.81. The normalized spacial score (nSPS) is 20.9. The minimum Gasteiger partial charge on any atom is -0.488 e. The van der Waals surface area contributed by atoms with E-state index in [9.17, 15) is 4.79 Å². The Morgan fingerprint density at radius 3 is 2.50 bits per heavy atom. The smallest absolute Gasteiger partial charge is 0.286 e. The molecule has 1 amide bonds. The number of benzene rings is 1. The molecule has 20 heavy (non-hydrogen) atoms. The van der Waals surface area contributed by atoms with Gasteiger partial charge in [0.2, 0.25) is 0 Å². The van der Waals surface area contributed by atoms with Crippen LogP contribution in [-0.2, 0) is 15.1 Å². The van der Waals surface area contributed by atoms with Crippen LogP contribution in [0.15, 0.2) is 42.2 Å². The number of amides is 1. The van der Waals surface area contributed by atoms with Gasteiger partial charge in [-0.3, -0.25) is 4.79 Å². The molecule has 1 N–H and O–H groups in total. The van der Waals surface area contributed by atoms with Crippen molar-refractivity contribution in [1.82, 2.24) is 5.32 Å². The largest absolute Gasteiger partial charge is 0.488 e. The van der Waals surface area contributed by atoms with E-state index < -0.39 is 0 Å². The molecular formula is C17H21NO2. The summed E-state index contributed by atoms with van der Waals surface area (Å²) in [5.41, 5.74) is 1.00. The minimum absolute atomic E-state index is 0.0598. The number of ether oxygens (including phenoxy) is 1. The molecule has 0 spiro atoms. The van der Waals surface area contributed by atoms with E-state index in [2.05, 4.69) is 17.4 Å². The molecule has 1 heterocycles. The standard InChI is InChI=1S/C17H21NO2/c19-16(15-10-4-7-13-20-15)18-17(11-5-6-12-17)14-8-2-1-3-9-14/h1-3,8-10H,4-7,11-13H2,(H,18,19). The van der Waals surface area contributed by atoms with Crippen LogP contribution in [0.5, 0.6) is 0 Å². The quantitative estimate of drug-likeness (QED) is 0.916. The van der Waals surface area contributed by atoms with Crippen LogP contribution in [0.25, 0.3) is 0 Å². The van der Waals surface area contributed by atoms with E-state index in [1.807, 2.05) is 24.3 Å². The van der Waals surface area contributed by atoms with Crippen molar-refractivity contribution in [1.29, 1.82) is 0 Å². The van der Waals surface area contributed by atoms with Gasteiger partial charge < -0.3 is 10.1 Å². The summed E-state index contributed by atoms with van der Waals surface area (Å²) in [5.74, 6) is 0.439. The van der Waals surface area contributed by atoms with Crippen LogP contribution in [0, 0.1) is 0 Å². The highest BCUT2D eigenvalue weighted by Crippen LogP contribution is 2.38. The van der Waals surface area contributed by atoms with E-state index in [-0.39, 0.29) is 11.4 Å². The Labute approximate surface area is 120 Å². The lowest BCUT2D eigenvalue weighted by atomic mass is 9.88. The highest BCUT2D eigenvalue weighted by Gasteiger charge is 2.37. The lowest BCUT2D eigenvalue weighted by Crippen LogP contribution is -2.44. The predicted molar refractivity (Wildman–Crippen MR) is 78.0 cm³/mol. The molecule has 3 rings (SSSR count). The van der Waals surface area contributed by atoms with Crippen molar-refractivity contribution in [3.63, 3.8) is 0 Å². The Morgan fingerprint density at radius 2 is 1.85 bits per heavy atom. The number of rotatable bonds is 3. The predicted octanol–water partition coefficient (Wildman–Crippen LogP) is 3.27. The van der Waals surface area contributed by atoms with Gasteiger partial charge in [0.15, 0.2) is 5.76 Å². The minimum atomic E-state index is -0.208.